The van der Waals surface area contributed by atoms with Gasteiger partial charge in [-0.2, -0.15) is 0 Å². The molecule has 0 saturated heterocycles. The van der Waals surface area contributed by atoms with Crippen LogP contribution in [0.25, 0.3) is 0 Å². The third-order valence-electron chi connectivity index (χ3n) is 3.76. The minimum absolute atomic E-state index is 0.0167. The molecule has 0 aromatic heterocycles. The van der Waals surface area contributed by atoms with E-state index in [-0.39, 0.29) is 30.6 Å². The van der Waals surface area contributed by atoms with Crippen molar-refractivity contribution in [3.8, 4) is 0 Å². The van der Waals surface area contributed by atoms with Crippen molar-refractivity contribution in [2.45, 2.75) is 32.6 Å². The molecule has 0 saturated carbocycles. The van der Waals surface area contributed by atoms with Gasteiger partial charge in [0.25, 0.3) is 0 Å². The lowest BCUT2D eigenvalue weighted by Gasteiger charge is -2.16. The summed E-state index contributed by atoms with van der Waals surface area (Å²) in [7, 11) is 0. The Morgan fingerprint density at radius 1 is 1.43 bits per heavy atom. The van der Waals surface area contributed by atoms with Crippen LogP contribution in [0.15, 0.2) is 35.3 Å². The molecule has 0 heterocycles. The van der Waals surface area contributed by atoms with Gasteiger partial charge in [-0.15, -0.1) is 0 Å². The van der Waals surface area contributed by atoms with E-state index >= 15 is 0 Å². The molecule has 1 rings (SSSR count). The van der Waals surface area contributed by atoms with Gasteiger partial charge >= 0.3 is 0 Å². The summed E-state index contributed by atoms with van der Waals surface area (Å²) in [5, 5.41) is 0. The SMILES string of the molecule is [3H]c1ccc(CC(CN)C(=O)CC(C=O)CCCN=C(C)N)cc1. The molecule has 23 heavy (non-hydrogen) atoms. The van der Waals surface area contributed by atoms with Crippen molar-refractivity contribution < 1.29 is 11.0 Å². The predicted octanol–water partition coefficient (Wildman–Crippen LogP) is 1.74. The molecule has 0 aliphatic carbocycles. The maximum Gasteiger partial charge on any atom is 0.138 e. The highest BCUT2D eigenvalue weighted by Crippen LogP contribution is 2.16. The standard InChI is InChI=1S/C18H27N3O2/c1-14(20)21-9-5-8-16(13-22)11-18(23)17(12-19)10-15-6-3-2-4-7-15/h2-4,6-7,13,16-17H,5,8-12,19H2,1H3,(H2,20,21)/i2T. The molecule has 0 radical (unpaired) electrons. The van der Waals surface area contributed by atoms with Gasteiger partial charge in [0, 0.05) is 31.3 Å². The van der Waals surface area contributed by atoms with Crippen molar-refractivity contribution in [2.75, 3.05) is 13.1 Å². The van der Waals surface area contributed by atoms with Crippen LogP contribution >= 0.6 is 0 Å². The molecule has 1 aromatic rings. The molecule has 0 fully saturated rings. The number of benzene rings is 1. The molecule has 2 atom stereocenters. The number of aliphatic imine (C=N–C) groups is 1. The number of amidine groups is 1. The van der Waals surface area contributed by atoms with Crippen molar-refractivity contribution in [1.29, 1.82) is 0 Å². The Kier molecular flexibility index (Phi) is 8.05. The average molecular weight is 319 g/mol. The minimum atomic E-state index is -0.298. The zero-order valence-electron chi connectivity index (χ0n) is 14.7. The topological polar surface area (TPSA) is 98.5 Å². The van der Waals surface area contributed by atoms with Crippen LogP contribution in [0.2, 0.25) is 0 Å². The van der Waals surface area contributed by atoms with Gasteiger partial charge in [-0.05, 0) is 31.7 Å². The summed E-state index contributed by atoms with van der Waals surface area (Å²) in [6.45, 7) is 2.55. The van der Waals surface area contributed by atoms with E-state index in [1.165, 1.54) is 0 Å². The Morgan fingerprint density at radius 3 is 2.70 bits per heavy atom. The van der Waals surface area contributed by atoms with Gasteiger partial charge in [0.2, 0.25) is 0 Å². The first-order chi connectivity index (χ1) is 11.5. The smallest absolute Gasteiger partial charge is 0.138 e. The zero-order chi connectivity index (χ0) is 17.9. The van der Waals surface area contributed by atoms with Gasteiger partial charge in [-0.3, -0.25) is 9.79 Å². The molecule has 0 bridgehead atoms. The number of hydrogen-bond donors (Lipinski definition) is 2. The fraction of sp³-hybridized carbons (Fsp3) is 0.500. The number of ketones is 1. The highest BCUT2D eigenvalue weighted by atomic mass is 16.1. The van der Waals surface area contributed by atoms with Crippen molar-refractivity contribution >= 4 is 17.9 Å². The number of carbonyl (C=O) groups is 2. The van der Waals surface area contributed by atoms with Crippen LogP contribution in [0, 0.1) is 11.8 Å². The number of aldehydes is 1. The Labute approximate surface area is 139 Å². The molecule has 4 N–H and O–H groups in total. The van der Waals surface area contributed by atoms with Gasteiger partial charge < -0.3 is 16.3 Å². The zero-order valence-corrected chi connectivity index (χ0v) is 13.7. The van der Waals surface area contributed by atoms with Crippen molar-refractivity contribution in [3.63, 3.8) is 0 Å². The number of carbonyl (C=O) groups excluding carboxylic acids is 2. The minimum Gasteiger partial charge on any atom is -0.388 e. The Hall–Kier alpha value is -2.01. The fourth-order valence-corrected chi connectivity index (χ4v) is 2.42. The van der Waals surface area contributed by atoms with E-state index in [1.807, 2.05) is 12.1 Å². The second kappa shape index (κ2) is 10.7. The normalized spacial score (nSPS) is 14.9. The molecule has 5 nitrogen and oxygen atoms in total. The number of hydrogen-bond acceptors (Lipinski definition) is 4. The number of rotatable bonds is 11. The molecule has 0 aliphatic rings. The van der Waals surface area contributed by atoms with Gasteiger partial charge in [0.05, 0.1) is 7.21 Å². The third kappa shape index (κ3) is 7.70. The van der Waals surface area contributed by atoms with E-state index < -0.39 is 0 Å². The summed E-state index contributed by atoms with van der Waals surface area (Å²) in [5.74, 6) is -0.0533. The summed E-state index contributed by atoms with van der Waals surface area (Å²) < 4.78 is 7.48. The second-order valence-corrected chi connectivity index (χ2v) is 5.78. The molecule has 0 amide bonds. The lowest BCUT2D eigenvalue weighted by atomic mass is 9.88. The first kappa shape index (κ1) is 17.3. The van der Waals surface area contributed by atoms with E-state index in [0.717, 1.165) is 18.3 Å². The second-order valence-electron chi connectivity index (χ2n) is 5.78. The van der Waals surface area contributed by atoms with E-state index in [0.29, 0.717) is 31.3 Å². The van der Waals surface area contributed by atoms with E-state index in [4.69, 9.17) is 12.8 Å². The predicted molar refractivity (Wildman–Crippen MR) is 93.3 cm³/mol. The average Bonchev–Trinajstić information content (AvgIpc) is 2.56. The largest absolute Gasteiger partial charge is 0.388 e. The van der Waals surface area contributed by atoms with Crippen LogP contribution in [-0.2, 0) is 16.0 Å². The van der Waals surface area contributed by atoms with Crippen LogP contribution in [0.4, 0.5) is 0 Å². The van der Waals surface area contributed by atoms with Gasteiger partial charge in [0.15, 0.2) is 0 Å². The van der Waals surface area contributed by atoms with Crippen LogP contribution in [-0.4, -0.2) is 31.0 Å². The first-order valence-electron chi connectivity index (χ1n) is 8.46. The summed E-state index contributed by atoms with van der Waals surface area (Å²) in [5.41, 5.74) is 12.2. The lowest BCUT2D eigenvalue weighted by Crippen LogP contribution is -2.27. The van der Waals surface area contributed by atoms with E-state index in [1.54, 1.807) is 19.1 Å². The van der Waals surface area contributed by atoms with Gasteiger partial charge in [0.1, 0.15) is 12.1 Å². The quantitative estimate of drug-likeness (QED) is 0.281. The Bertz CT molecular complexity index is 554. The summed E-state index contributed by atoms with van der Waals surface area (Å²) in [6.07, 6.45) is 2.95. The highest BCUT2D eigenvalue weighted by molar-refractivity contribution is 5.83. The monoisotopic (exact) mass is 319 g/mol. The molecule has 126 valence electrons. The number of nitrogens with zero attached hydrogens (tertiary/aromatic N) is 1. The molecule has 0 spiro atoms. The highest BCUT2D eigenvalue weighted by Gasteiger charge is 2.21. The summed E-state index contributed by atoms with van der Waals surface area (Å²) in [4.78, 5) is 27.7. The number of Topliss-reactive ketones (excluding diaryl/α,β-unsaturated/α-hetero) is 1. The van der Waals surface area contributed by atoms with E-state index in [2.05, 4.69) is 4.99 Å². The van der Waals surface area contributed by atoms with E-state index in [9.17, 15) is 9.59 Å². The maximum atomic E-state index is 12.4. The van der Waals surface area contributed by atoms with Gasteiger partial charge in [-0.25, -0.2) is 0 Å². The first-order valence-corrected chi connectivity index (χ1v) is 7.96. The maximum absolute atomic E-state index is 12.4. The van der Waals surface area contributed by atoms with Crippen molar-refractivity contribution in [2.24, 2.45) is 28.3 Å². The molecule has 1 aromatic carbocycles. The fourth-order valence-electron chi connectivity index (χ4n) is 2.42. The molecular formula is C18H27N3O2. The Balaban J connectivity index is 2.53. The van der Waals surface area contributed by atoms with Gasteiger partial charge in [-0.1, -0.05) is 30.3 Å². The molecular weight excluding hydrogens is 290 g/mol. The van der Waals surface area contributed by atoms with Crippen LogP contribution in [0.1, 0.15) is 33.1 Å². The van der Waals surface area contributed by atoms with Crippen molar-refractivity contribution in [3.05, 3.63) is 35.9 Å². The van der Waals surface area contributed by atoms with Crippen molar-refractivity contribution in [1.82, 2.24) is 0 Å². The van der Waals surface area contributed by atoms with Crippen LogP contribution < -0.4 is 11.5 Å². The summed E-state index contributed by atoms with van der Waals surface area (Å²) >= 11 is 0. The third-order valence-corrected chi connectivity index (χ3v) is 3.76. The molecule has 5 heteroatoms. The van der Waals surface area contributed by atoms with Crippen LogP contribution in [0.5, 0.6) is 0 Å². The molecule has 2 unspecified atom stereocenters. The Morgan fingerprint density at radius 2 is 2.13 bits per heavy atom. The van der Waals surface area contributed by atoms with Crippen LogP contribution in [0.3, 0.4) is 0 Å². The number of nitrogens with two attached hydrogens (primary N) is 2. The molecule has 0 aliphatic heterocycles. The summed E-state index contributed by atoms with van der Waals surface area (Å²) in [6, 6.07) is 7.50. The lowest BCUT2D eigenvalue weighted by molar-refractivity contribution is -0.125.